The van der Waals surface area contributed by atoms with Crippen LogP contribution in [0.4, 0.5) is 13.2 Å². The van der Waals surface area contributed by atoms with Gasteiger partial charge in [0.05, 0.1) is 19.8 Å². The molecule has 0 heterocycles. The highest BCUT2D eigenvalue weighted by atomic mass is 19.4. The molecule has 0 aromatic heterocycles. The Labute approximate surface area is 159 Å². The molecule has 0 saturated carbocycles. The maximum Gasteiger partial charge on any atom is 0.416 e. The van der Waals surface area contributed by atoms with Crippen LogP contribution in [-0.2, 0) is 6.18 Å². The lowest BCUT2D eigenvalue weighted by atomic mass is 10.2. The Bertz CT molecular complexity index is 788. The van der Waals surface area contributed by atoms with Crippen LogP contribution in [0.1, 0.15) is 15.9 Å². The number of methoxy groups -OCH3 is 2. The molecule has 2 N–H and O–H groups in total. The quantitative estimate of drug-likeness (QED) is 0.714. The van der Waals surface area contributed by atoms with Crippen LogP contribution in [-0.4, -0.2) is 44.5 Å². The second-order valence-electron chi connectivity index (χ2n) is 5.80. The molecular formula is C19H20F3NO5. The summed E-state index contributed by atoms with van der Waals surface area (Å²) >= 11 is 0. The fraction of sp³-hybridized carbons (Fsp3) is 0.316. The minimum atomic E-state index is -4.48. The van der Waals surface area contributed by atoms with E-state index in [-0.39, 0.29) is 24.5 Å². The van der Waals surface area contributed by atoms with Gasteiger partial charge in [0.15, 0.2) is 0 Å². The van der Waals surface area contributed by atoms with Crippen LogP contribution >= 0.6 is 0 Å². The molecule has 2 rings (SSSR count). The number of hydrogen-bond donors (Lipinski definition) is 2. The van der Waals surface area contributed by atoms with Crippen molar-refractivity contribution in [3.8, 4) is 17.2 Å². The summed E-state index contributed by atoms with van der Waals surface area (Å²) in [6.07, 6.45) is -5.60. The molecule has 0 aliphatic carbocycles. The average molecular weight is 399 g/mol. The molecule has 0 aliphatic heterocycles. The van der Waals surface area contributed by atoms with Gasteiger partial charge in [-0.25, -0.2) is 0 Å². The lowest BCUT2D eigenvalue weighted by Gasteiger charge is -2.15. The predicted octanol–water partition coefficient (Wildman–Crippen LogP) is 2.89. The Morgan fingerprint density at radius 1 is 1.07 bits per heavy atom. The average Bonchev–Trinajstić information content (AvgIpc) is 2.69. The third kappa shape index (κ3) is 6.05. The molecule has 6 nitrogen and oxygen atoms in total. The zero-order valence-electron chi connectivity index (χ0n) is 15.2. The van der Waals surface area contributed by atoms with Gasteiger partial charge in [-0.3, -0.25) is 4.79 Å². The highest BCUT2D eigenvalue weighted by Gasteiger charge is 2.30. The van der Waals surface area contributed by atoms with Crippen molar-refractivity contribution in [1.29, 1.82) is 0 Å². The third-order valence-corrected chi connectivity index (χ3v) is 3.72. The molecule has 1 unspecified atom stereocenters. The Morgan fingerprint density at radius 3 is 2.29 bits per heavy atom. The standard InChI is InChI=1S/C19H20F3NO5/c1-26-16-6-12(7-17(9-16)27-2)18(25)23-10-14(24)11-28-15-5-3-4-13(8-15)19(20,21)22/h3-9,14,24H,10-11H2,1-2H3,(H,23,25). The lowest BCUT2D eigenvalue weighted by molar-refractivity contribution is -0.137. The molecule has 2 aromatic rings. The van der Waals surface area contributed by atoms with E-state index >= 15 is 0 Å². The van der Waals surface area contributed by atoms with Gasteiger partial charge >= 0.3 is 6.18 Å². The second-order valence-corrected chi connectivity index (χ2v) is 5.80. The molecule has 0 radical (unpaired) electrons. The summed E-state index contributed by atoms with van der Waals surface area (Å²) in [4.78, 5) is 12.2. The zero-order valence-corrected chi connectivity index (χ0v) is 15.2. The molecule has 0 spiro atoms. The van der Waals surface area contributed by atoms with Crippen molar-refractivity contribution in [1.82, 2.24) is 5.32 Å². The van der Waals surface area contributed by atoms with E-state index in [0.717, 1.165) is 12.1 Å². The number of carbonyl (C=O) groups excluding carboxylic acids is 1. The van der Waals surface area contributed by atoms with Crippen LogP contribution in [0.5, 0.6) is 17.2 Å². The van der Waals surface area contributed by atoms with E-state index < -0.39 is 23.8 Å². The second kappa shape index (κ2) is 9.32. The van der Waals surface area contributed by atoms with E-state index in [1.807, 2.05) is 0 Å². The summed E-state index contributed by atoms with van der Waals surface area (Å²) < 4.78 is 53.4. The molecule has 152 valence electrons. The lowest BCUT2D eigenvalue weighted by Crippen LogP contribution is -2.35. The summed E-state index contributed by atoms with van der Waals surface area (Å²) in [5.41, 5.74) is -0.582. The molecule has 0 aliphatic rings. The summed E-state index contributed by atoms with van der Waals surface area (Å²) in [6, 6.07) is 8.94. The van der Waals surface area contributed by atoms with Crippen molar-refractivity contribution in [3.63, 3.8) is 0 Å². The number of benzene rings is 2. The SMILES string of the molecule is COc1cc(OC)cc(C(=O)NCC(O)COc2cccc(C(F)(F)F)c2)c1. The first-order valence-corrected chi connectivity index (χ1v) is 8.22. The van der Waals surface area contributed by atoms with Gasteiger partial charge in [0.2, 0.25) is 0 Å². The fourth-order valence-corrected chi connectivity index (χ4v) is 2.26. The topological polar surface area (TPSA) is 77.0 Å². The van der Waals surface area contributed by atoms with E-state index in [1.165, 1.54) is 38.5 Å². The van der Waals surface area contributed by atoms with Crippen LogP contribution in [0.3, 0.4) is 0 Å². The Morgan fingerprint density at radius 2 is 1.71 bits per heavy atom. The number of nitrogens with one attached hydrogen (secondary N) is 1. The van der Waals surface area contributed by atoms with E-state index in [4.69, 9.17) is 14.2 Å². The van der Waals surface area contributed by atoms with Crippen LogP contribution in [0, 0.1) is 0 Å². The van der Waals surface area contributed by atoms with Crippen molar-refractivity contribution in [2.24, 2.45) is 0 Å². The number of amides is 1. The summed E-state index contributed by atoms with van der Waals surface area (Å²) in [5, 5.41) is 12.4. The smallest absolute Gasteiger partial charge is 0.416 e. The van der Waals surface area contributed by atoms with Gasteiger partial charge in [0, 0.05) is 18.2 Å². The van der Waals surface area contributed by atoms with Crippen LogP contribution in [0.25, 0.3) is 0 Å². The van der Waals surface area contributed by atoms with Crippen LogP contribution < -0.4 is 19.5 Å². The number of aliphatic hydroxyl groups excluding tert-OH is 1. The predicted molar refractivity (Wildman–Crippen MR) is 94.8 cm³/mol. The normalized spacial score (nSPS) is 12.2. The van der Waals surface area contributed by atoms with E-state index in [9.17, 15) is 23.1 Å². The largest absolute Gasteiger partial charge is 0.497 e. The van der Waals surface area contributed by atoms with Crippen LogP contribution in [0.15, 0.2) is 42.5 Å². The molecule has 28 heavy (non-hydrogen) atoms. The monoisotopic (exact) mass is 399 g/mol. The maximum absolute atomic E-state index is 12.7. The maximum atomic E-state index is 12.7. The van der Waals surface area contributed by atoms with E-state index in [0.29, 0.717) is 11.5 Å². The Balaban J connectivity index is 1.89. The third-order valence-electron chi connectivity index (χ3n) is 3.72. The van der Waals surface area contributed by atoms with Gasteiger partial charge in [-0.15, -0.1) is 0 Å². The highest BCUT2D eigenvalue weighted by molar-refractivity contribution is 5.95. The molecule has 1 atom stereocenters. The number of ether oxygens (including phenoxy) is 3. The minimum Gasteiger partial charge on any atom is -0.497 e. The van der Waals surface area contributed by atoms with Gasteiger partial charge in [-0.2, -0.15) is 13.2 Å². The number of alkyl halides is 3. The van der Waals surface area contributed by atoms with Crippen molar-refractivity contribution >= 4 is 5.91 Å². The van der Waals surface area contributed by atoms with Crippen LogP contribution in [0.2, 0.25) is 0 Å². The first-order chi connectivity index (χ1) is 13.2. The van der Waals surface area contributed by atoms with Crippen molar-refractivity contribution in [2.75, 3.05) is 27.4 Å². The molecule has 0 saturated heterocycles. The number of hydrogen-bond acceptors (Lipinski definition) is 5. The molecule has 9 heteroatoms. The van der Waals surface area contributed by atoms with Gasteiger partial charge in [-0.05, 0) is 30.3 Å². The molecule has 1 amide bonds. The van der Waals surface area contributed by atoms with Crippen molar-refractivity contribution in [2.45, 2.75) is 12.3 Å². The van der Waals surface area contributed by atoms with Gasteiger partial charge < -0.3 is 24.6 Å². The summed E-state index contributed by atoms with van der Waals surface area (Å²) in [7, 11) is 2.90. The van der Waals surface area contributed by atoms with Crippen molar-refractivity contribution < 1.29 is 37.3 Å². The number of halogens is 3. The van der Waals surface area contributed by atoms with Gasteiger partial charge in [-0.1, -0.05) is 6.07 Å². The number of rotatable bonds is 8. The minimum absolute atomic E-state index is 0.0299. The Kier molecular flexibility index (Phi) is 7.11. The summed E-state index contributed by atoms with van der Waals surface area (Å²) in [5.74, 6) is 0.351. The molecule has 0 fully saturated rings. The van der Waals surface area contributed by atoms with E-state index in [1.54, 1.807) is 6.07 Å². The first kappa shape index (κ1) is 21.4. The summed E-state index contributed by atoms with van der Waals surface area (Å²) in [6.45, 7) is -0.444. The number of carbonyl (C=O) groups is 1. The Hall–Kier alpha value is -2.94. The first-order valence-electron chi connectivity index (χ1n) is 8.22. The van der Waals surface area contributed by atoms with Crippen molar-refractivity contribution in [3.05, 3.63) is 53.6 Å². The molecule has 2 aromatic carbocycles. The fourth-order valence-electron chi connectivity index (χ4n) is 2.26. The molecule has 0 bridgehead atoms. The van der Waals surface area contributed by atoms with Gasteiger partial charge in [0.1, 0.15) is 30.0 Å². The van der Waals surface area contributed by atoms with E-state index in [2.05, 4.69) is 5.32 Å². The molecular weight excluding hydrogens is 379 g/mol. The zero-order chi connectivity index (χ0) is 20.7. The van der Waals surface area contributed by atoms with Gasteiger partial charge in [0.25, 0.3) is 5.91 Å². The number of aliphatic hydroxyl groups is 1. The highest BCUT2D eigenvalue weighted by Crippen LogP contribution is 2.31.